The van der Waals surface area contributed by atoms with Gasteiger partial charge in [-0.05, 0) is 6.92 Å². The average Bonchev–Trinajstić information content (AvgIpc) is 2.01. The zero-order chi connectivity index (χ0) is 13.1. The van der Waals surface area contributed by atoms with Crippen molar-refractivity contribution in [1.82, 2.24) is 0 Å². The normalized spacial score (nSPS) is 8.93. The van der Waals surface area contributed by atoms with Gasteiger partial charge in [0.15, 0.2) is 0 Å². The lowest BCUT2D eigenvalue weighted by Crippen LogP contribution is -1.92. The molecule has 0 heterocycles. The number of carbonyl (C=O) groups is 1. The number of carboxylic acid groups (broad SMARTS) is 1. The van der Waals surface area contributed by atoms with E-state index >= 15 is 0 Å². The smallest absolute Gasteiger partial charge is 0.478 e. The van der Waals surface area contributed by atoms with Crippen LogP contribution in [0.25, 0.3) is 0 Å². The van der Waals surface area contributed by atoms with Gasteiger partial charge in [0.05, 0.1) is 13.2 Å². The second kappa shape index (κ2) is 11.3. The lowest BCUT2D eigenvalue weighted by atomic mass is 10.4. The van der Waals surface area contributed by atoms with E-state index in [2.05, 4.69) is 6.58 Å². The maximum absolute atomic E-state index is 10.4. The molecular weight excluding hydrogens is 234 g/mol. The summed E-state index contributed by atoms with van der Waals surface area (Å²) in [5.41, 5.74) is 0.176. The molecule has 0 saturated heterocycles. The molecule has 92 valence electrons. The van der Waals surface area contributed by atoms with Crippen LogP contribution in [0.4, 0.5) is 4.20 Å². The zero-order valence-corrected chi connectivity index (χ0v) is 8.89. The number of aliphatic hydroxyl groups is 2. The summed E-state index contributed by atoms with van der Waals surface area (Å²) in [5.74, 6) is -0.935. The highest BCUT2D eigenvalue weighted by atomic mass is 31.2. The Balaban J connectivity index is -0.000000147. The summed E-state index contributed by atoms with van der Waals surface area (Å²) in [4.78, 5) is 23.5. The Bertz CT molecular complexity index is 201. The Labute approximate surface area is 85.8 Å². The van der Waals surface area contributed by atoms with Gasteiger partial charge in [0.25, 0.3) is 0 Å². The number of aliphatic hydroxyl groups excluding tert-OH is 2. The number of hydrogen-bond acceptors (Lipinski definition) is 4. The highest BCUT2D eigenvalue weighted by Crippen LogP contribution is 2.34. The van der Waals surface area contributed by atoms with Crippen molar-refractivity contribution in [3.05, 3.63) is 12.2 Å². The Morgan fingerprint density at radius 2 is 1.47 bits per heavy atom. The lowest BCUT2D eigenvalue weighted by Gasteiger charge is -1.79. The van der Waals surface area contributed by atoms with Crippen LogP contribution in [0.15, 0.2) is 12.2 Å². The quantitative estimate of drug-likeness (QED) is 0.333. The molecule has 0 saturated carbocycles. The van der Waals surface area contributed by atoms with Crippen molar-refractivity contribution < 1.29 is 38.7 Å². The number of carboxylic acids is 1. The average molecular weight is 248 g/mol. The van der Waals surface area contributed by atoms with Gasteiger partial charge in [-0.3, -0.25) is 9.79 Å². The largest absolute Gasteiger partial charge is 0.507 e. The molecule has 0 aliphatic carbocycles. The Kier molecular flexibility index (Phi) is 14.8. The summed E-state index contributed by atoms with van der Waals surface area (Å²) < 4.78 is 19.0. The van der Waals surface area contributed by atoms with Gasteiger partial charge in [0, 0.05) is 5.57 Å². The van der Waals surface area contributed by atoms with Gasteiger partial charge in [-0.1, -0.05) is 6.58 Å². The number of halogens is 1. The molecule has 9 heteroatoms. The Morgan fingerprint density at radius 3 is 1.47 bits per heavy atom. The van der Waals surface area contributed by atoms with E-state index in [4.69, 9.17) is 29.7 Å². The first-order valence-electron chi connectivity index (χ1n) is 3.42. The number of hydrogen-bond donors (Lipinski definition) is 5. The molecule has 0 bridgehead atoms. The number of aliphatic carboxylic acids is 1. The fraction of sp³-hybridized carbons (Fsp3) is 0.500. The van der Waals surface area contributed by atoms with Crippen molar-refractivity contribution in [3.63, 3.8) is 0 Å². The Hall–Kier alpha value is -0.790. The molecular formula is C6H14FO7P. The van der Waals surface area contributed by atoms with Gasteiger partial charge < -0.3 is 15.3 Å². The van der Waals surface area contributed by atoms with Crippen LogP contribution in [0, 0.1) is 0 Å². The summed E-state index contributed by atoms with van der Waals surface area (Å²) in [6.45, 7) is 4.35. The SMILES string of the molecule is C=C(C)C(=O)O.O=P(O)(O)F.OCCO. The van der Waals surface area contributed by atoms with E-state index in [9.17, 15) is 8.99 Å². The molecule has 7 nitrogen and oxygen atoms in total. The van der Waals surface area contributed by atoms with Gasteiger partial charge in [0.2, 0.25) is 0 Å². The monoisotopic (exact) mass is 248 g/mol. The van der Waals surface area contributed by atoms with E-state index in [1.807, 2.05) is 0 Å². The molecule has 0 amide bonds. The first kappa shape index (κ1) is 19.7. The van der Waals surface area contributed by atoms with Crippen molar-refractivity contribution >= 4 is 13.9 Å². The fourth-order valence-electron chi connectivity index (χ4n) is 0. The van der Waals surface area contributed by atoms with Crippen LogP contribution < -0.4 is 0 Å². The molecule has 5 N–H and O–H groups in total. The molecule has 0 aromatic carbocycles. The standard InChI is InChI=1S/C4H6O2.C2H6O2.FH2O3P/c1-3(2)4(5)6;3-1-2-4;1-5(2,3)4/h1H2,2H3,(H,5,6);3-4H,1-2H2;(H2,2,3,4). The van der Waals surface area contributed by atoms with E-state index in [0.29, 0.717) is 0 Å². The molecule has 0 aliphatic rings. The van der Waals surface area contributed by atoms with Gasteiger partial charge in [-0.2, -0.15) is 0 Å². The van der Waals surface area contributed by atoms with Gasteiger partial charge >= 0.3 is 13.9 Å². The van der Waals surface area contributed by atoms with Gasteiger partial charge in [-0.25, -0.2) is 9.36 Å². The number of rotatable bonds is 2. The van der Waals surface area contributed by atoms with Gasteiger partial charge in [0.1, 0.15) is 0 Å². The summed E-state index contributed by atoms with van der Waals surface area (Å²) >= 11 is 0. The van der Waals surface area contributed by atoms with Gasteiger partial charge in [-0.15, -0.1) is 4.20 Å². The van der Waals surface area contributed by atoms with Crippen LogP contribution in [-0.2, 0) is 9.36 Å². The summed E-state index contributed by atoms with van der Waals surface area (Å²) in [6.07, 6.45) is 0. The molecule has 0 radical (unpaired) electrons. The third-order valence-electron chi connectivity index (χ3n) is 0.465. The fourth-order valence-corrected chi connectivity index (χ4v) is 0. The van der Waals surface area contributed by atoms with Crippen LogP contribution >= 0.6 is 7.91 Å². The summed E-state index contributed by atoms with van der Waals surface area (Å²) in [6, 6.07) is 0. The minimum Gasteiger partial charge on any atom is -0.478 e. The predicted octanol–water partition coefficient (Wildman–Crippen LogP) is -0.333. The molecule has 0 rings (SSSR count). The van der Waals surface area contributed by atoms with Crippen LogP contribution in [0.5, 0.6) is 0 Å². The van der Waals surface area contributed by atoms with Crippen molar-refractivity contribution in [2.75, 3.05) is 13.2 Å². The maximum atomic E-state index is 10.4. The van der Waals surface area contributed by atoms with E-state index in [1.165, 1.54) is 6.92 Å². The molecule has 0 spiro atoms. The summed E-state index contributed by atoms with van der Waals surface area (Å²) in [5, 5.41) is 23.1. The third-order valence-corrected chi connectivity index (χ3v) is 0.465. The maximum Gasteiger partial charge on any atom is 0.507 e. The van der Waals surface area contributed by atoms with E-state index in [1.54, 1.807) is 0 Å². The van der Waals surface area contributed by atoms with E-state index < -0.39 is 13.9 Å². The molecule has 0 aromatic rings. The minimum atomic E-state index is -5.14. The van der Waals surface area contributed by atoms with Crippen LogP contribution in [-0.4, -0.2) is 44.3 Å². The van der Waals surface area contributed by atoms with Crippen LogP contribution in [0.3, 0.4) is 0 Å². The third kappa shape index (κ3) is 93.7. The van der Waals surface area contributed by atoms with E-state index in [-0.39, 0.29) is 18.8 Å². The lowest BCUT2D eigenvalue weighted by molar-refractivity contribution is -0.132. The second-order valence-corrected chi connectivity index (χ2v) is 2.95. The summed E-state index contributed by atoms with van der Waals surface area (Å²) in [7, 11) is -5.14. The van der Waals surface area contributed by atoms with Crippen molar-refractivity contribution in [2.45, 2.75) is 6.92 Å². The molecule has 0 fully saturated rings. The topological polar surface area (TPSA) is 135 Å². The zero-order valence-electron chi connectivity index (χ0n) is 8.00. The molecule has 0 aliphatic heterocycles. The van der Waals surface area contributed by atoms with E-state index in [0.717, 1.165) is 0 Å². The predicted molar refractivity (Wildman–Crippen MR) is 49.8 cm³/mol. The highest BCUT2D eigenvalue weighted by molar-refractivity contribution is 7.45. The second-order valence-electron chi connectivity index (χ2n) is 2.01. The molecule has 0 atom stereocenters. The van der Waals surface area contributed by atoms with Crippen LogP contribution in [0.2, 0.25) is 0 Å². The first-order valence-corrected chi connectivity index (χ1v) is 4.92. The first-order chi connectivity index (χ1) is 6.56. The highest BCUT2D eigenvalue weighted by Gasteiger charge is 2.04. The molecule has 15 heavy (non-hydrogen) atoms. The van der Waals surface area contributed by atoms with Crippen LogP contribution in [0.1, 0.15) is 6.92 Å². The Morgan fingerprint density at radius 1 is 1.33 bits per heavy atom. The van der Waals surface area contributed by atoms with Crippen molar-refractivity contribution in [3.8, 4) is 0 Å². The molecule has 0 unspecified atom stereocenters. The minimum absolute atomic E-state index is 0.125. The van der Waals surface area contributed by atoms with Crippen molar-refractivity contribution in [2.24, 2.45) is 0 Å². The molecule has 0 aromatic heterocycles. The van der Waals surface area contributed by atoms with Crippen molar-refractivity contribution in [1.29, 1.82) is 0 Å².